The second-order valence-electron chi connectivity index (χ2n) is 5.39. The smallest absolute Gasteiger partial charge is 0.123 e. The molecule has 0 aliphatic rings. The summed E-state index contributed by atoms with van der Waals surface area (Å²) in [5.41, 5.74) is 4.60. The predicted octanol–water partition coefficient (Wildman–Crippen LogP) is 3.86. The molecule has 0 atom stereocenters. The van der Waals surface area contributed by atoms with Crippen molar-refractivity contribution in [1.29, 1.82) is 0 Å². The Morgan fingerprint density at radius 2 is 1.95 bits per heavy atom. The highest BCUT2D eigenvalue weighted by molar-refractivity contribution is 5.83. The van der Waals surface area contributed by atoms with Gasteiger partial charge in [-0.15, -0.1) is 0 Å². The number of hydrogen-bond acceptors (Lipinski definition) is 1. The fourth-order valence-electron chi connectivity index (χ4n) is 2.76. The molecule has 0 radical (unpaired) electrons. The number of benzene rings is 2. The van der Waals surface area contributed by atoms with Crippen LogP contribution in [0.2, 0.25) is 0 Å². The number of fused-ring (bicyclic) bond motifs is 1. The standard InChI is InChI=1S/C18H19FN2/c1-13-6-7-16(19)10-15(13)12-21-9-8-17-14(11-20-2)4-3-5-18(17)21/h3-10,20H,11-12H2,1-2H3. The van der Waals surface area contributed by atoms with Crippen molar-refractivity contribution in [1.82, 2.24) is 9.88 Å². The highest BCUT2D eigenvalue weighted by Crippen LogP contribution is 2.22. The van der Waals surface area contributed by atoms with Gasteiger partial charge in [0.15, 0.2) is 0 Å². The van der Waals surface area contributed by atoms with E-state index in [1.807, 2.05) is 20.0 Å². The van der Waals surface area contributed by atoms with Gasteiger partial charge in [0.05, 0.1) is 0 Å². The monoisotopic (exact) mass is 282 g/mol. The summed E-state index contributed by atoms with van der Waals surface area (Å²) < 4.78 is 15.6. The zero-order valence-corrected chi connectivity index (χ0v) is 12.4. The van der Waals surface area contributed by atoms with Gasteiger partial charge >= 0.3 is 0 Å². The van der Waals surface area contributed by atoms with Crippen molar-refractivity contribution in [3.8, 4) is 0 Å². The Kier molecular flexibility index (Phi) is 3.76. The molecule has 0 bridgehead atoms. The Hall–Kier alpha value is -2.13. The lowest BCUT2D eigenvalue weighted by Gasteiger charge is -2.10. The Labute approximate surface area is 124 Å². The van der Waals surface area contributed by atoms with Crippen LogP contribution in [-0.4, -0.2) is 11.6 Å². The van der Waals surface area contributed by atoms with E-state index in [2.05, 4.69) is 40.3 Å². The van der Waals surface area contributed by atoms with Crippen LogP contribution >= 0.6 is 0 Å². The van der Waals surface area contributed by atoms with Crippen LogP contribution in [0.1, 0.15) is 16.7 Å². The molecule has 108 valence electrons. The number of aromatic nitrogens is 1. The molecule has 0 fully saturated rings. The maximum absolute atomic E-state index is 13.4. The molecule has 0 aliphatic carbocycles. The van der Waals surface area contributed by atoms with Gasteiger partial charge in [-0.2, -0.15) is 0 Å². The van der Waals surface area contributed by atoms with Crippen LogP contribution in [0, 0.1) is 12.7 Å². The topological polar surface area (TPSA) is 17.0 Å². The summed E-state index contributed by atoms with van der Waals surface area (Å²) in [4.78, 5) is 0. The summed E-state index contributed by atoms with van der Waals surface area (Å²) in [6, 6.07) is 13.4. The number of nitrogens with zero attached hydrogens (tertiary/aromatic N) is 1. The van der Waals surface area contributed by atoms with Crippen LogP contribution in [0.4, 0.5) is 4.39 Å². The molecule has 0 unspecified atom stereocenters. The molecule has 2 aromatic carbocycles. The third-order valence-corrected chi connectivity index (χ3v) is 3.92. The average Bonchev–Trinajstić information content (AvgIpc) is 2.88. The Bertz CT molecular complexity index is 774. The number of rotatable bonds is 4. The van der Waals surface area contributed by atoms with E-state index in [0.717, 1.165) is 17.7 Å². The molecule has 0 spiro atoms. The Morgan fingerprint density at radius 1 is 1.10 bits per heavy atom. The van der Waals surface area contributed by atoms with Crippen molar-refractivity contribution in [3.63, 3.8) is 0 Å². The van der Waals surface area contributed by atoms with Crippen molar-refractivity contribution < 1.29 is 4.39 Å². The lowest BCUT2D eigenvalue weighted by molar-refractivity contribution is 0.623. The van der Waals surface area contributed by atoms with Gasteiger partial charge in [0, 0.05) is 30.2 Å². The van der Waals surface area contributed by atoms with Gasteiger partial charge in [-0.1, -0.05) is 18.2 Å². The maximum atomic E-state index is 13.4. The van der Waals surface area contributed by atoms with Crippen LogP contribution in [0.5, 0.6) is 0 Å². The minimum Gasteiger partial charge on any atom is -0.343 e. The van der Waals surface area contributed by atoms with Crippen LogP contribution in [-0.2, 0) is 13.1 Å². The lowest BCUT2D eigenvalue weighted by atomic mass is 10.1. The predicted molar refractivity (Wildman–Crippen MR) is 84.9 cm³/mol. The van der Waals surface area contributed by atoms with E-state index in [1.165, 1.54) is 22.5 Å². The van der Waals surface area contributed by atoms with E-state index < -0.39 is 0 Å². The largest absolute Gasteiger partial charge is 0.343 e. The van der Waals surface area contributed by atoms with E-state index in [0.29, 0.717) is 6.54 Å². The molecule has 0 saturated heterocycles. The van der Waals surface area contributed by atoms with Crippen LogP contribution in [0.15, 0.2) is 48.7 Å². The van der Waals surface area contributed by atoms with Gasteiger partial charge in [-0.3, -0.25) is 0 Å². The fraction of sp³-hybridized carbons (Fsp3) is 0.222. The molecule has 21 heavy (non-hydrogen) atoms. The molecule has 2 nitrogen and oxygen atoms in total. The molecule has 1 aromatic heterocycles. The first kappa shape index (κ1) is 13.8. The third kappa shape index (κ3) is 2.69. The number of aryl methyl sites for hydroxylation is 1. The minimum atomic E-state index is -0.178. The first-order valence-corrected chi connectivity index (χ1v) is 7.15. The second kappa shape index (κ2) is 5.70. The third-order valence-electron chi connectivity index (χ3n) is 3.92. The van der Waals surface area contributed by atoms with Gasteiger partial charge in [0.25, 0.3) is 0 Å². The molecule has 1 heterocycles. The zero-order chi connectivity index (χ0) is 14.8. The Balaban J connectivity index is 2.01. The molecular weight excluding hydrogens is 263 g/mol. The van der Waals surface area contributed by atoms with Gasteiger partial charge in [-0.05, 0) is 54.9 Å². The lowest BCUT2D eigenvalue weighted by Crippen LogP contribution is -2.05. The molecule has 0 aliphatic heterocycles. The highest BCUT2D eigenvalue weighted by Gasteiger charge is 2.07. The summed E-state index contributed by atoms with van der Waals surface area (Å²) in [7, 11) is 1.95. The van der Waals surface area contributed by atoms with E-state index in [9.17, 15) is 4.39 Å². The molecule has 1 N–H and O–H groups in total. The van der Waals surface area contributed by atoms with Gasteiger partial charge in [-0.25, -0.2) is 4.39 Å². The summed E-state index contributed by atoms with van der Waals surface area (Å²) in [5.74, 6) is -0.178. The fourth-order valence-corrected chi connectivity index (χ4v) is 2.76. The van der Waals surface area contributed by atoms with Crippen LogP contribution in [0.25, 0.3) is 10.9 Å². The second-order valence-corrected chi connectivity index (χ2v) is 5.39. The molecule has 3 rings (SSSR count). The SMILES string of the molecule is CNCc1cccc2c1ccn2Cc1cc(F)ccc1C. The summed E-state index contributed by atoms with van der Waals surface area (Å²) in [6.07, 6.45) is 2.08. The quantitative estimate of drug-likeness (QED) is 0.769. The van der Waals surface area contributed by atoms with Crippen molar-refractivity contribution in [3.05, 3.63) is 71.2 Å². The first-order chi connectivity index (χ1) is 10.2. The molecule has 3 heteroatoms. The Morgan fingerprint density at radius 3 is 2.76 bits per heavy atom. The van der Waals surface area contributed by atoms with Crippen molar-refractivity contribution in [2.45, 2.75) is 20.0 Å². The zero-order valence-electron chi connectivity index (χ0n) is 12.4. The van der Waals surface area contributed by atoms with Gasteiger partial charge in [0.1, 0.15) is 5.82 Å². The van der Waals surface area contributed by atoms with E-state index >= 15 is 0 Å². The molecule has 0 amide bonds. The number of nitrogens with one attached hydrogen (secondary N) is 1. The highest BCUT2D eigenvalue weighted by atomic mass is 19.1. The number of halogens is 1. The van der Waals surface area contributed by atoms with Crippen molar-refractivity contribution >= 4 is 10.9 Å². The minimum absolute atomic E-state index is 0.178. The van der Waals surface area contributed by atoms with E-state index in [4.69, 9.17) is 0 Å². The first-order valence-electron chi connectivity index (χ1n) is 7.15. The summed E-state index contributed by atoms with van der Waals surface area (Å²) in [5, 5.41) is 4.44. The van der Waals surface area contributed by atoms with Gasteiger partial charge < -0.3 is 9.88 Å². The summed E-state index contributed by atoms with van der Waals surface area (Å²) >= 11 is 0. The molecular formula is C18H19FN2. The number of hydrogen-bond donors (Lipinski definition) is 1. The van der Waals surface area contributed by atoms with E-state index in [-0.39, 0.29) is 5.82 Å². The average molecular weight is 282 g/mol. The summed E-state index contributed by atoms with van der Waals surface area (Å²) in [6.45, 7) is 3.56. The van der Waals surface area contributed by atoms with Crippen LogP contribution < -0.4 is 5.32 Å². The normalized spacial score (nSPS) is 11.2. The van der Waals surface area contributed by atoms with Gasteiger partial charge in [0.2, 0.25) is 0 Å². The maximum Gasteiger partial charge on any atom is 0.123 e. The molecule has 3 aromatic rings. The van der Waals surface area contributed by atoms with Crippen molar-refractivity contribution in [2.75, 3.05) is 7.05 Å². The van der Waals surface area contributed by atoms with Crippen molar-refractivity contribution in [2.24, 2.45) is 0 Å². The van der Waals surface area contributed by atoms with Crippen LogP contribution in [0.3, 0.4) is 0 Å². The van der Waals surface area contributed by atoms with E-state index in [1.54, 1.807) is 6.07 Å². The molecule has 0 saturated carbocycles.